The van der Waals surface area contributed by atoms with Crippen molar-refractivity contribution in [1.82, 2.24) is 4.98 Å². The molecule has 2 rings (SSSR count). The van der Waals surface area contributed by atoms with Crippen LogP contribution in [0.15, 0.2) is 16.7 Å². The molecule has 0 fully saturated rings. The van der Waals surface area contributed by atoms with Crippen LogP contribution in [0.2, 0.25) is 0 Å². The van der Waals surface area contributed by atoms with Crippen LogP contribution in [0.25, 0.3) is 0 Å². The van der Waals surface area contributed by atoms with Crippen LogP contribution in [0, 0.1) is 0 Å². The molecule has 3 heteroatoms. The van der Waals surface area contributed by atoms with Crippen LogP contribution in [0.5, 0.6) is 0 Å². The van der Waals surface area contributed by atoms with Gasteiger partial charge in [-0.3, -0.25) is 4.98 Å². The van der Waals surface area contributed by atoms with E-state index in [-0.39, 0.29) is 0 Å². The molecule has 0 bridgehead atoms. The van der Waals surface area contributed by atoms with E-state index >= 15 is 0 Å². The van der Waals surface area contributed by atoms with Gasteiger partial charge in [0.15, 0.2) is 0 Å². The highest BCUT2D eigenvalue weighted by Gasteiger charge is 2.08. The predicted molar refractivity (Wildman–Crippen MR) is 48.7 cm³/mol. The van der Waals surface area contributed by atoms with Crippen LogP contribution >= 0.6 is 15.9 Å². The maximum Gasteiger partial charge on any atom is 0.0636 e. The molecule has 0 saturated heterocycles. The number of aromatic nitrogens is 1. The van der Waals surface area contributed by atoms with Gasteiger partial charge in [-0.15, -0.1) is 0 Å². The monoisotopic (exact) mass is 212 g/mol. The van der Waals surface area contributed by atoms with Crippen LogP contribution in [-0.4, -0.2) is 11.5 Å². The molecule has 1 aliphatic rings. The number of nitrogens with zero attached hydrogens (tertiary/aromatic N) is 1. The van der Waals surface area contributed by atoms with Gasteiger partial charge in [0.05, 0.1) is 11.4 Å². The third-order valence-electron chi connectivity index (χ3n) is 1.84. The second kappa shape index (κ2) is 2.81. The van der Waals surface area contributed by atoms with Crippen LogP contribution in [0.3, 0.4) is 0 Å². The van der Waals surface area contributed by atoms with Crippen molar-refractivity contribution in [2.45, 2.75) is 12.8 Å². The molecular weight excluding hydrogens is 204 g/mol. The lowest BCUT2D eigenvalue weighted by Gasteiger charge is -2.16. The molecule has 1 N–H and O–H groups in total. The van der Waals surface area contributed by atoms with E-state index < -0.39 is 0 Å². The number of aryl methyl sites for hydroxylation is 1. The fourth-order valence-electron chi connectivity index (χ4n) is 1.30. The summed E-state index contributed by atoms with van der Waals surface area (Å²) in [4.78, 5) is 4.31. The van der Waals surface area contributed by atoms with Gasteiger partial charge in [0.1, 0.15) is 0 Å². The van der Waals surface area contributed by atoms with Crippen molar-refractivity contribution in [3.8, 4) is 0 Å². The second-order valence-corrected chi connectivity index (χ2v) is 3.59. The van der Waals surface area contributed by atoms with E-state index in [0.29, 0.717) is 0 Å². The Labute approximate surface area is 74.2 Å². The first kappa shape index (κ1) is 7.10. The largest absolute Gasteiger partial charge is 0.384 e. The average molecular weight is 213 g/mol. The minimum atomic E-state index is 1.05. The Kier molecular flexibility index (Phi) is 1.82. The molecule has 1 aliphatic heterocycles. The molecule has 58 valence electrons. The summed E-state index contributed by atoms with van der Waals surface area (Å²) in [5, 5.41) is 3.31. The lowest BCUT2D eigenvalue weighted by molar-refractivity contribution is 0.801. The fourth-order valence-corrected chi connectivity index (χ4v) is 1.63. The minimum absolute atomic E-state index is 1.05. The third kappa shape index (κ3) is 1.38. The summed E-state index contributed by atoms with van der Waals surface area (Å²) in [6.45, 7) is 1.07. The molecule has 1 aromatic heterocycles. The zero-order chi connectivity index (χ0) is 7.68. The second-order valence-electron chi connectivity index (χ2n) is 2.68. The first-order valence-electron chi connectivity index (χ1n) is 3.74. The smallest absolute Gasteiger partial charge is 0.0636 e. The summed E-state index contributed by atoms with van der Waals surface area (Å²) in [7, 11) is 0. The maximum atomic E-state index is 4.31. The van der Waals surface area contributed by atoms with Crippen LogP contribution in [-0.2, 0) is 6.42 Å². The van der Waals surface area contributed by atoms with Gasteiger partial charge in [-0.1, -0.05) is 0 Å². The summed E-state index contributed by atoms with van der Waals surface area (Å²) in [5.41, 5.74) is 2.38. The molecule has 11 heavy (non-hydrogen) atoms. The highest BCUT2D eigenvalue weighted by molar-refractivity contribution is 9.10. The lowest BCUT2D eigenvalue weighted by atomic mass is 10.1. The molecule has 0 aliphatic carbocycles. The lowest BCUT2D eigenvalue weighted by Crippen LogP contribution is -2.12. The highest BCUT2D eigenvalue weighted by atomic mass is 79.9. The van der Waals surface area contributed by atoms with Gasteiger partial charge in [0.2, 0.25) is 0 Å². The Morgan fingerprint density at radius 2 is 2.45 bits per heavy atom. The summed E-state index contributed by atoms with van der Waals surface area (Å²) >= 11 is 3.39. The van der Waals surface area contributed by atoms with Crippen LogP contribution < -0.4 is 5.32 Å². The van der Waals surface area contributed by atoms with Crippen molar-refractivity contribution < 1.29 is 0 Å². The normalized spacial score (nSPS) is 15.4. The highest BCUT2D eigenvalue weighted by Crippen LogP contribution is 2.22. The average Bonchev–Trinajstić information content (AvgIpc) is 2.04. The Bertz CT molecular complexity index is 273. The van der Waals surface area contributed by atoms with Gasteiger partial charge >= 0.3 is 0 Å². The fraction of sp³-hybridized carbons (Fsp3) is 0.375. The van der Waals surface area contributed by atoms with E-state index in [0.717, 1.165) is 17.4 Å². The molecule has 2 heterocycles. The van der Waals surface area contributed by atoms with Gasteiger partial charge in [-0.2, -0.15) is 0 Å². The van der Waals surface area contributed by atoms with Crippen molar-refractivity contribution in [3.63, 3.8) is 0 Å². The molecule has 0 amide bonds. The molecule has 0 saturated carbocycles. The summed E-state index contributed by atoms with van der Waals surface area (Å²) < 4.78 is 1.05. The Balaban J connectivity index is 2.43. The summed E-state index contributed by atoms with van der Waals surface area (Å²) in [6.07, 6.45) is 4.16. The van der Waals surface area contributed by atoms with E-state index in [2.05, 4.69) is 32.3 Å². The third-order valence-corrected chi connectivity index (χ3v) is 2.28. The molecular formula is C8H9BrN2. The SMILES string of the molecule is Brc1cnc2c(c1)NCCC2. The molecule has 1 aromatic rings. The number of fused-ring (bicyclic) bond motifs is 1. The zero-order valence-electron chi connectivity index (χ0n) is 6.10. The number of pyridine rings is 1. The van der Waals surface area contributed by atoms with Gasteiger partial charge < -0.3 is 5.32 Å². The van der Waals surface area contributed by atoms with Gasteiger partial charge in [0, 0.05) is 17.2 Å². The molecule has 0 atom stereocenters. The zero-order valence-corrected chi connectivity index (χ0v) is 7.69. The maximum absolute atomic E-state index is 4.31. The van der Waals surface area contributed by atoms with Crippen molar-refractivity contribution in [1.29, 1.82) is 0 Å². The van der Waals surface area contributed by atoms with Gasteiger partial charge in [-0.25, -0.2) is 0 Å². The standard InChI is InChI=1S/C8H9BrN2/c9-6-4-8-7(11-5-6)2-1-3-10-8/h4-5,10H,1-3H2. The molecule has 0 unspecified atom stereocenters. The topological polar surface area (TPSA) is 24.9 Å². The van der Waals surface area contributed by atoms with Crippen molar-refractivity contribution in [2.75, 3.05) is 11.9 Å². The number of halogens is 1. The van der Waals surface area contributed by atoms with E-state index in [9.17, 15) is 0 Å². The molecule has 0 spiro atoms. The van der Waals surface area contributed by atoms with E-state index in [1.807, 2.05) is 6.20 Å². The Hall–Kier alpha value is -0.570. The molecule has 0 radical (unpaired) electrons. The number of rotatable bonds is 0. The van der Waals surface area contributed by atoms with Crippen molar-refractivity contribution in [2.24, 2.45) is 0 Å². The Morgan fingerprint density at radius 3 is 3.36 bits per heavy atom. The van der Waals surface area contributed by atoms with E-state index in [1.165, 1.54) is 17.8 Å². The van der Waals surface area contributed by atoms with Crippen LogP contribution in [0.1, 0.15) is 12.1 Å². The predicted octanol–water partition coefficient (Wildman–Crippen LogP) is 2.20. The first-order valence-corrected chi connectivity index (χ1v) is 4.54. The Morgan fingerprint density at radius 1 is 1.55 bits per heavy atom. The minimum Gasteiger partial charge on any atom is -0.384 e. The number of anilines is 1. The van der Waals surface area contributed by atoms with Gasteiger partial charge in [-0.05, 0) is 34.8 Å². The van der Waals surface area contributed by atoms with Crippen molar-refractivity contribution >= 4 is 21.6 Å². The molecule has 2 nitrogen and oxygen atoms in total. The number of hydrogen-bond acceptors (Lipinski definition) is 2. The van der Waals surface area contributed by atoms with Gasteiger partial charge in [0.25, 0.3) is 0 Å². The van der Waals surface area contributed by atoms with Crippen molar-refractivity contribution in [3.05, 3.63) is 22.4 Å². The molecule has 0 aromatic carbocycles. The number of hydrogen-bond donors (Lipinski definition) is 1. The van der Waals surface area contributed by atoms with E-state index in [4.69, 9.17) is 0 Å². The summed E-state index contributed by atoms with van der Waals surface area (Å²) in [5.74, 6) is 0. The van der Waals surface area contributed by atoms with E-state index in [1.54, 1.807) is 0 Å². The number of nitrogens with one attached hydrogen (secondary N) is 1. The quantitative estimate of drug-likeness (QED) is 0.714. The summed E-state index contributed by atoms with van der Waals surface area (Å²) in [6, 6.07) is 2.08. The first-order chi connectivity index (χ1) is 5.36. The van der Waals surface area contributed by atoms with Crippen LogP contribution in [0.4, 0.5) is 5.69 Å².